The van der Waals surface area contributed by atoms with Gasteiger partial charge in [0.2, 0.25) is 0 Å². The van der Waals surface area contributed by atoms with Crippen LogP contribution in [-0.4, -0.2) is 35.1 Å². The van der Waals surface area contributed by atoms with Crippen molar-refractivity contribution in [2.24, 2.45) is 10.9 Å². The molecule has 0 radical (unpaired) electrons. The average molecular weight is 241 g/mol. The average Bonchev–Trinajstić information content (AvgIpc) is 2.76. The largest absolute Gasteiger partial charge is 0.409 e. The number of nitrogens with zero attached hydrogens (tertiary/aromatic N) is 2. The van der Waals surface area contributed by atoms with E-state index in [0.717, 1.165) is 13.0 Å². The number of thiophene rings is 1. The molecule has 1 heterocycles. The van der Waals surface area contributed by atoms with Gasteiger partial charge in [-0.05, 0) is 31.7 Å². The zero-order valence-corrected chi connectivity index (χ0v) is 10.6. The third-order valence-electron chi connectivity index (χ3n) is 2.45. The van der Waals surface area contributed by atoms with Crippen LogP contribution >= 0.6 is 11.3 Å². The SMILES string of the molecule is CC(C)N(CCc1cccs1)CC(N)=NO. The molecule has 0 aliphatic heterocycles. The van der Waals surface area contributed by atoms with Gasteiger partial charge in [0.05, 0.1) is 6.54 Å². The van der Waals surface area contributed by atoms with Crippen molar-refractivity contribution in [1.29, 1.82) is 0 Å². The van der Waals surface area contributed by atoms with Crippen molar-refractivity contribution in [3.63, 3.8) is 0 Å². The third kappa shape index (κ3) is 4.20. The number of hydrogen-bond acceptors (Lipinski definition) is 4. The molecule has 5 heteroatoms. The van der Waals surface area contributed by atoms with E-state index in [-0.39, 0.29) is 5.84 Å². The van der Waals surface area contributed by atoms with E-state index in [4.69, 9.17) is 10.9 Å². The Morgan fingerprint density at radius 1 is 1.62 bits per heavy atom. The summed E-state index contributed by atoms with van der Waals surface area (Å²) in [5.41, 5.74) is 5.52. The number of rotatable bonds is 6. The third-order valence-corrected chi connectivity index (χ3v) is 3.39. The Balaban J connectivity index is 2.45. The summed E-state index contributed by atoms with van der Waals surface area (Å²) in [5.74, 6) is 0.264. The smallest absolute Gasteiger partial charge is 0.153 e. The molecule has 0 atom stereocenters. The first-order chi connectivity index (χ1) is 7.63. The fourth-order valence-corrected chi connectivity index (χ4v) is 2.17. The summed E-state index contributed by atoms with van der Waals surface area (Å²) in [7, 11) is 0. The van der Waals surface area contributed by atoms with Crippen LogP contribution < -0.4 is 5.73 Å². The maximum absolute atomic E-state index is 8.56. The molecule has 0 saturated heterocycles. The first-order valence-corrected chi connectivity index (χ1v) is 6.24. The van der Waals surface area contributed by atoms with Gasteiger partial charge in [0.1, 0.15) is 0 Å². The topological polar surface area (TPSA) is 61.8 Å². The molecule has 0 aromatic carbocycles. The van der Waals surface area contributed by atoms with Crippen molar-refractivity contribution in [3.8, 4) is 0 Å². The summed E-state index contributed by atoms with van der Waals surface area (Å²) in [4.78, 5) is 3.56. The lowest BCUT2D eigenvalue weighted by atomic mass is 10.2. The first kappa shape index (κ1) is 13.0. The van der Waals surface area contributed by atoms with E-state index in [1.54, 1.807) is 11.3 Å². The van der Waals surface area contributed by atoms with Gasteiger partial charge in [0.25, 0.3) is 0 Å². The highest BCUT2D eigenvalue weighted by atomic mass is 32.1. The van der Waals surface area contributed by atoms with Crippen LogP contribution in [0.2, 0.25) is 0 Å². The van der Waals surface area contributed by atoms with Crippen LogP contribution in [-0.2, 0) is 6.42 Å². The summed E-state index contributed by atoms with van der Waals surface area (Å²) in [6.07, 6.45) is 1.01. The van der Waals surface area contributed by atoms with Crippen molar-refractivity contribution in [3.05, 3.63) is 22.4 Å². The summed E-state index contributed by atoms with van der Waals surface area (Å²) < 4.78 is 0. The Kier molecular flexibility index (Phi) is 5.28. The Bertz CT molecular complexity index is 322. The predicted octanol–water partition coefficient (Wildman–Crippen LogP) is 1.75. The number of hydrogen-bond donors (Lipinski definition) is 2. The van der Waals surface area contributed by atoms with Crippen LogP contribution in [0.25, 0.3) is 0 Å². The lowest BCUT2D eigenvalue weighted by Crippen LogP contribution is -2.39. The molecule has 16 heavy (non-hydrogen) atoms. The van der Waals surface area contributed by atoms with Gasteiger partial charge in [-0.3, -0.25) is 4.90 Å². The van der Waals surface area contributed by atoms with Crippen molar-refractivity contribution in [2.45, 2.75) is 26.3 Å². The van der Waals surface area contributed by atoms with Crippen LogP contribution in [0.4, 0.5) is 0 Å². The van der Waals surface area contributed by atoms with Crippen molar-refractivity contribution in [1.82, 2.24) is 4.90 Å². The number of amidine groups is 1. The monoisotopic (exact) mass is 241 g/mol. The first-order valence-electron chi connectivity index (χ1n) is 5.36. The molecule has 4 nitrogen and oxygen atoms in total. The predicted molar refractivity (Wildman–Crippen MR) is 68.1 cm³/mol. The van der Waals surface area contributed by atoms with Crippen LogP contribution in [0.5, 0.6) is 0 Å². The van der Waals surface area contributed by atoms with Gasteiger partial charge in [-0.2, -0.15) is 0 Å². The minimum Gasteiger partial charge on any atom is -0.409 e. The maximum atomic E-state index is 8.56. The van der Waals surface area contributed by atoms with E-state index < -0.39 is 0 Å². The van der Waals surface area contributed by atoms with E-state index in [1.807, 2.05) is 0 Å². The van der Waals surface area contributed by atoms with E-state index in [2.05, 4.69) is 41.4 Å². The molecule has 0 saturated carbocycles. The lowest BCUT2D eigenvalue weighted by molar-refractivity contribution is 0.250. The molecule has 0 aliphatic carbocycles. The van der Waals surface area contributed by atoms with Crippen LogP contribution in [0.3, 0.4) is 0 Å². The van der Waals surface area contributed by atoms with Gasteiger partial charge in [-0.25, -0.2) is 0 Å². The molecule has 0 bridgehead atoms. The molecule has 0 amide bonds. The summed E-state index contributed by atoms with van der Waals surface area (Å²) in [5, 5.41) is 13.6. The zero-order valence-electron chi connectivity index (χ0n) is 9.76. The highest BCUT2D eigenvalue weighted by Crippen LogP contribution is 2.10. The molecule has 3 N–H and O–H groups in total. The number of oxime groups is 1. The van der Waals surface area contributed by atoms with E-state index in [0.29, 0.717) is 12.6 Å². The normalized spacial score (nSPS) is 12.6. The van der Waals surface area contributed by atoms with Gasteiger partial charge in [0.15, 0.2) is 5.84 Å². The Morgan fingerprint density at radius 3 is 2.88 bits per heavy atom. The molecule has 1 aromatic heterocycles. The molecule has 0 unspecified atom stereocenters. The summed E-state index contributed by atoms with van der Waals surface area (Å²) in [6, 6.07) is 4.58. The number of nitrogens with two attached hydrogens (primary N) is 1. The molecule has 0 fully saturated rings. The van der Waals surface area contributed by atoms with Gasteiger partial charge in [-0.1, -0.05) is 11.2 Å². The minimum absolute atomic E-state index is 0.264. The Morgan fingerprint density at radius 2 is 2.38 bits per heavy atom. The van der Waals surface area contributed by atoms with Crippen molar-refractivity contribution < 1.29 is 5.21 Å². The lowest BCUT2D eigenvalue weighted by Gasteiger charge is -2.25. The maximum Gasteiger partial charge on any atom is 0.153 e. The van der Waals surface area contributed by atoms with Crippen LogP contribution in [0.1, 0.15) is 18.7 Å². The van der Waals surface area contributed by atoms with E-state index in [9.17, 15) is 0 Å². The molecule has 90 valence electrons. The molecular formula is C11H19N3OS. The van der Waals surface area contributed by atoms with Gasteiger partial charge in [-0.15, -0.1) is 11.3 Å². The second-order valence-corrected chi connectivity index (χ2v) is 5.02. The molecule has 1 aromatic rings. The van der Waals surface area contributed by atoms with E-state index in [1.165, 1.54) is 4.88 Å². The van der Waals surface area contributed by atoms with Gasteiger partial charge in [0, 0.05) is 17.5 Å². The summed E-state index contributed by atoms with van der Waals surface area (Å²) in [6.45, 7) is 5.66. The standard InChI is InChI=1S/C11H19N3OS/c1-9(2)14(8-11(12)13-15)6-5-10-4-3-7-16-10/h3-4,7,9,15H,5-6,8H2,1-2H3,(H2,12,13). The van der Waals surface area contributed by atoms with Crippen molar-refractivity contribution in [2.75, 3.05) is 13.1 Å². The molecule has 1 rings (SSSR count). The second-order valence-electron chi connectivity index (χ2n) is 3.98. The highest BCUT2D eigenvalue weighted by Gasteiger charge is 2.11. The van der Waals surface area contributed by atoms with Crippen molar-refractivity contribution >= 4 is 17.2 Å². The Labute approximate surface area is 100 Å². The van der Waals surface area contributed by atoms with Crippen LogP contribution in [0.15, 0.2) is 22.7 Å². The Hall–Kier alpha value is -1.07. The molecular weight excluding hydrogens is 222 g/mol. The van der Waals surface area contributed by atoms with Gasteiger partial charge < -0.3 is 10.9 Å². The fourth-order valence-electron chi connectivity index (χ4n) is 1.47. The van der Waals surface area contributed by atoms with E-state index >= 15 is 0 Å². The summed E-state index contributed by atoms with van der Waals surface area (Å²) >= 11 is 1.76. The zero-order chi connectivity index (χ0) is 12.0. The molecule has 0 spiro atoms. The minimum atomic E-state index is 0.264. The highest BCUT2D eigenvalue weighted by molar-refractivity contribution is 7.09. The van der Waals surface area contributed by atoms with Crippen LogP contribution in [0, 0.1) is 0 Å². The second kappa shape index (κ2) is 6.50. The quantitative estimate of drug-likeness (QED) is 0.345. The fraction of sp³-hybridized carbons (Fsp3) is 0.545. The molecule has 0 aliphatic rings. The van der Waals surface area contributed by atoms with Gasteiger partial charge >= 0.3 is 0 Å².